The normalized spacial score (nSPS) is 19.1. The van der Waals surface area contributed by atoms with Gasteiger partial charge in [0.1, 0.15) is 23.5 Å². The molecule has 2 amide bonds. The number of hydrogen-bond acceptors (Lipinski definition) is 5. The first-order valence-electron chi connectivity index (χ1n) is 13.0. The summed E-state index contributed by atoms with van der Waals surface area (Å²) in [5, 5.41) is 15.6. The van der Waals surface area contributed by atoms with Gasteiger partial charge in [-0.25, -0.2) is 0 Å². The van der Waals surface area contributed by atoms with Crippen molar-refractivity contribution in [2.24, 2.45) is 5.41 Å². The summed E-state index contributed by atoms with van der Waals surface area (Å²) < 4.78 is 5.47. The molecule has 1 spiro atoms. The van der Waals surface area contributed by atoms with Gasteiger partial charge in [0, 0.05) is 40.8 Å². The van der Waals surface area contributed by atoms with Gasteiger partial charge in [0.15, 0.2) is 0 Å². The molecule has 6 rings (SSSR count). The number of carbonyl (C=O) groups is 2. The van der Waals surface area contributed by atoms with E-state index in [0.717, 1.165) is 47.4 Å². The van der Waals surface area contributed by atoms with Gasteiger partial charge in [-0.15, -0.1) is 0 Å². The first-order valence-corrected chi connectivity index (χ1v) is 13.0. The number of methoxy groups -OCH3 is 1. The second-order valence-electron chi connectivity index (χ2n) is 10.5. The Kier molecular flexibility index (Phi) is 5.99. The SMILES string of the molecule is COc1cccc2[nH]c(C(=O)N3CC4(CCCC4)C[C@H]3C(=O)NC(C#N)c3cncc4ccccc34)cc12. The van der Waals surface area contributed by atoms with Crippen molar-refractivity contribution in [3.63, 3.8) is 0 Å². The van der Waals surface area contributed by atoms with E-state index in [1.165, 1.54) is 0 Å². The molecule has 2 N–H and O–H groups in total. The number of fused-ring (bicyclic) bond motifs is 2. The third-order valence-corrected chi connectivity index (χ3v) is 8.24. The number of amides is 2. The van der Waals surface area contributed by atoms with Crippen LogP contribution in [0, 0.1) is 16.7 Å². The average Bonchev–Trinajstić information content (AvgIpc) is 3.69. The first-order chi connectivity index (χ1) is 18.5. The quantitative estimate of drug-likeness (QED) is 0.400. The summed E-state index contributed by atoms with van der Waals surface area (Å²) in [6, 6.07) is 15.8. The first kappa shape index (κ1) is 24.0. The Balaban J connectivity index is 1.31. The van der Waals surface area contributed by atoms with Crippen molar-refractivity contribution in [2.45, 2.75) is 44.2 Å². The number of aromatic nitrogens is 2. The number of ether oxygens (including phenoxy) is 1. The van der Waals surface area contributed by atoms with Crippen molar-refractivity contribution in [1.29, 1.82) is 5.26 Å². The van der Waals surface area contributed by atoms with Crippen LogP contribution in [0.5, 0.6) is 5.75 Å². The molecule has 1 saturated heterocycles. The van der Waals surface area contributed by atoms with E-state index in [1.807, 2.05) is 42.5 Å². The van der Waals surface area contributed by atoms with E-state index in [-0.39, 0.29) is 17.2 Å². The van der Waals surface area contributed by atoms with E-state index < -0.39 is 12.1 Å². The molecule has 1 aliphatic heterocycles. The number of benzene rings is 2. The number of rotatable bonds is 5. The second-order valence-corrected chi connectivity index (χ2v) is 10.5. The lowest BCUT2D eigenvalue weighted by atomic mass is 9.84. The molecule has 3 heterocycles. The Morgan fingerprint density at radius 3 is 2.76 bits per heavy atom. The second kappa shape index (κ2) is 9.49. The van der Waals surface area contributed by atoms with Crippen LogP contribution in [0.25, 0.3) is 21.7 Å². The lowest BCUT2D eigenvalue weighted by Crippen LogP contribution is -2.46. The molecule has 2 atom stereocenters. The number of nitriles is 1. The molecule has 2 aliphatic rings. The Morgan fingerprint density at radius 2 is 1.97 bits per heavy atom. The standard InChI is InChI=1S/C30H29N5O3/c1-38-27-10-6-9-23-21(27)13-24(33-23)29(37)35-18-30(11-4-5-12-30)14-26(35)28(36)34-25(15-31)22-17-32-16-19-7-2-3-8-20(19)22/h2-3,6-10,13,16-17,25-26,33H,4-5,11-12,14,18H2,1H3,(H,34,36)/t25?,26-/m0/s1. The van der Waals surface area contributed by atoms with Gasteiger partial charge in [-0.3, -0.25) is 14.6 Å². The van der Waals surface area contributed by atoms with E-state index in [9.17, 15) is 14.9 Å². The zero-order chi connectivity index (χ0) is 26.3. The summed E-state index contributed by atoms with van der Waals surface area (Å²) in [5.74, 6) is 0.157. The summed E-state index contributed by atoms with van der Waals surface area (Å²) in [4.78, 5) is 36.8. The highest BCUT2D eigenvalue weighted by molar-refractivity contribution is 6.02. The minimum atomic E-state index is -0.879. The molecule has 2 aromatic carbocycles. The minimum Gasteiger partial charge on any atom is -0.496 e. The van der Waals surface area contributed by atoms with Gasteiger partial charge < -0.3 is 19.9 Å². The molecule has 192 valence electrons. The summed E-state index contributed by atoms with van der Waals surface area (Å²) in [7, 11) is 1.60. The Bertz CT molecular complexity index is 1570. The van der Waals surface area contributed by atoms with Crippen molar-refractivity contribution in [1.82, 2.24) is 20.2 Å². The summed E-state index contributed by atoms with van der Waals surface area (Å²) in [5.41, 5.74) is 1.81. The molecule has 4 aromatic rings. The lowest BCUT2D eigenvalue weighted by Gasteiger charge is -2.25. The van der Waals surface area contributed by atoms with E-state index >= 15 is 0 Å². The molecule has 0 bridgehead atoms. The maximum atomic E-state index is 13.9. The van der Waals surface area contributed by atoms with Crippen LogP contribution in [-0.4, -0.2) is 46.4 Å². The summed E-state index contributed by atoms with van der Waals surface area (Å²) in [6.45, 7) is 0.531. The molecule has 2 aromatic heterocycles. The maximum absolute atomic E-state index is 13.9. The molecule has 38 heavy (non-hydrogen) atoms. The van der Waals surface area contributed by atoms with Crippen LogP contribution in [0.2, 0.25) is 0 Å². The number of carbonyl (C=O) groups excluding carboxylic acids is 2. The number of nitrogens with zero attached hydrogens (tertiary/aromatic N) is 3. The predicted molar refractivity (Wildman–Crippen MR) is 143 cm³/mol. The number of likely N-dealkylation sites (tertiary alicyclic amines) is 1. The molecular formula is C30H29N5O3. The van der Waals surface area contributed by atoms with Gasteiger partial charge in [0.2, 0.25) is 5.91 Å². The van der Waals surface area contributed by atoms with Crippen molar-refractivity contribution in [3.8, 4) is 11.8 Å². The van der Waals surface area contributed by atoms with Gasteiger partial charge in [0.05, 0.1) is 13.2 Å². The highest BCUT2D eigenvalue weighted by Gasteiger charge is 2.50. The van der Waals surface area contributed by atoms with Crippen molar-refractivity contribution in [2.75, 3.05) is 13.7 Å². The predicted octanol–water partition coefficient (Wildman–Crippen LogP) is 4.88. The average molecular weight is 508 g/mol. The maximum Gasteiger partial charge on any atom is 0.271 e. The Labute approximate surface area is 220 Å². The molecule has 1 aliphatic carbocycles. The minimum absolute atomic E-state index is 0.0650. The number of H-pyrrole nitrogens is 1. The van der Waals surface area contributed by atoms with Crippen LogP contribution >= 0.6 is 0 Å². The largest absolute Gasteiger partial charge is 0.496 e. The van der Waals surface area contributed by atoms with Crippen LogP contribution in [0.4, 0.5) is 0 Å². The summed E-state index contributed by atoms with van der Waals surface area (Å²) in [6.07, 6.45) is 8.16. The number of pyridine rings is 1. The van der Waals surface area contributed by atoms with Crippen LogP contribution < -0.4 is 10.1 Å². The highest BCUT2D eigenvalue weighted by atomic mass is 16.5. The van der Waals surface area contributed by atoms with Gasteiger partial charge in [0.25, 0.3) is 5.91 Å². The topological polar surface area (TPSA) is 111 Å². The van der Waals surface area contributed by atoms with E-state index in [0.29, 0.717) is 30.0 Å². The van der Waals surface area contributed by atoms with E-state index in [4.69, 9.17) is 4.74 Å². The van der Waals surface area contributed by atoms with Gasteiger partial charge >= 0.3 is 0 Å². The van der Waals surface area contributed by atoms with Crippen LogP contribution in [0.1, 0.15) is 54.2 Å². The van der Waals surface area contributed by atoms with Crippen LogP contribution in [0.3, 0.4) is 0 Å². The van der Waals surface area contributed by atoms with Crippen LogP contribution in [-0.2, 0) is 4.79 Å². The van der Waals surface area contributed by atoms with E-state index in [1.54, 1.807) is 30.5 Å². The monoisotopic (exact) mass is 507 g/mol. The molecule has 0 radical (unpaired) electrons. The molecule has 1 saturated carbocycles. The zero-order valence-electron chi connectivity index (χ0n) is 21.2. The van der Waals surface area contributed by atoms with Crippen molar-refractivity contribution < 1.29 is 14.3 Å². The van der Waals surface area contributed by atoms with Gasteiger partial charge in [-0.1, -0.05) is 43.2 Å². The zero-order valence-corrected chi connectivity index (χ0v) is 21.2. The fourth-order valence-corrected chi connectivity index (χ4v) is 6.35. The van der Waals surface area contributed by atoms with Crippen molar-refractivity contribution in [3.05, 3.63) is 72.2 Å². The smallest absolute Gasteiger partial charge is 0.271 e. The number of hydrogen-bond donors (Lipinski definition) is 2. The van der Waals surface area contributed by atoms with Crippen LogP contribution in [0.15, 0.2) is 60.9 Å². The molecule has 2 fully saturated rings. The molecule has 8 heteroatoms. The molecular weight excluding hydrogens is 478 g/mol. The molecule has 8 nitrogen and oxygen atoms in total. The fourth-order valence-electron chi connectivity index (χ4n) is 6.35. The van der Waals surface area contributed by atoms with Gasteiger partial charge in [-0.05, 0) is 48.3 Å². The summed E-state index contributed by atoms with van der Waals surface area (Å²) >= 11 is 0. The third kappa shape index (κ3) is 4.04. The lowest BCUT2D eigenvalue weighted by molar-refractivity contribution is -0.125. The number of aromatic amines is 1. The third-order valence-electron chi connectivity index (χ3n) is 8.24. The highest BCUT2D eigenvalue weighted by Crippen LogP contribution is 2.48. The van der Waals surface area contributed by atoms with E-state index in [2.05, 4.69) is 21.4 Å². The van der Waals surface area contributed by atoms with Crippen molar-refractivity contribution >= 4 is 33.5 Å². The molecule has 1 unspecified atom stereocenters. The fraction of sp³-hybridized carbons (Fsp3) is 0.333. The number of nitrogens with one attached hydrogen (secondary N) is 2. The Hall–Kier alpha value is -4.38. The Morgan fingerprint density at radius 1 is 1.16 bits per heavy atom. The van der Waals surface area contributed by atoms with Gasteiger partial charge in [-0.2, -0.15) is 5.26 Å².